The molecule has 10 nitrogen and oxygen atoms in total. The number of hydrogen-bond acceptors (Lipinski definition) is 8. The maximum atomic E-state index is 14.6. The number of Topliss-reactive ketones (excluding diaryl/α,β-unsaturated/α-hetero) is 1. The number of ketones is 1. The van der Waals surface area contributed by atoms with Gasteiger partial charge in [0.15, 0.2) is 11.3 Å². The van der Waals surface area contributed by atoms with Crippen LogP contribution in [0.5, 0.6) is 0 Å². The van der Waals surface area contributed by atoms with Gasteiger partial charge in [0.2, 0.25) is 0 Å². The van der Waals surface area contributed by atoms with E-state index in [2.05, 4.69) is 15.3 Å². The highest BCUT2D eigenvalue weighted by molar-refractivity contribution is 6.20. The first-order valence-corrected chi connectivity index (χ1v) is 12.3. The smallest absolute Gasteiger partial charge is 0.337 e. The zero-order chi connectivity index (χ0) is 28.2. The van der Waals surface area contributed by atoms with Gasteiger partial charge in [-0.3, -0.25) is 4.79 Å². The number of nitrogens with one attached hydrogen (secondary N) is 3. The number of ether oxygens (including phenoxy) is 3. The Labute approximate surface area is 227 Å². The fourth-order valence-corrected chi connectivity index (χ4v) is 5.42. The minimum Gasteiger partial charge on any atom is -0.465 e. The van der Waals surface area contributed by atoms with E-state index in [1.165, 1.54) is 27.4 Å². The molecule has 1 aliphatic rings. The molecule has 0 saturated carbocycles. The van der Waals surface area contributed by atoms with Crippen LogP contribution in [-0.4, -0.2) is 55.0 Å². The van der Waals surface area contributed by atoms with Gasteiger partial charge < -0.3 is 29.5 Å². The Kier molecular flexibility index (Phi) is 5.69. The van der Waals surface area contributed by atoms with Crippen molar-refractivity contribution in [1.82, 2.24) is 9.97 Å². The van der Waals surface area contributed by atoms with Gasteiger partial charge in [-0.1, -0.05) is 0 Å². The lowest BCUT2D eigenvalue weighted by Gasteiger charge is -2.29. The molecular weight excluding hydrogens is 514 g/mol. The number of hydrogen-bond donors (Lipinski definition) is 3. The largest absolute Gasteiger partial charge is 0.465 e. The molecule has 0 atom stereocenters. The third kappa shape index (κ3) is 3.49. The molecule has 6 rings (SSSR count). The van der Waals surface area contributed by atoms with Crippen LogP contribution in [0.1, 0.15) is 52.6 Å². The van der Waals surface area contributed by atoms with Gasteiger partial charge in [0, 0.05) is 56.6 Å². The molecule has 3 aromatic carbocycles. The Hall–Kier alpha value is -5.38. The number of esters is 3. The molecule has 0 amide bonds. The molecule has 0 unspecified atom stereocenters. The minimum absolute atomic E-state index is 0.228. The summed E-state index contributed by atoms with van der Waals surface area (Å²) in [7, 11) is 3.87. The topological polar surface area (TPSA) is 140 Å². The van der Waals surface area contributed by atoms with Gasteiger partial charge in [0.05, 0.1) is 38.0 Å². The lowest BCUT2D eigenvalue weighted by Crippen LogP contribution is -2.39. The van der Waals surface area contributed by atoms with Crippen molar-refractivity contribution in [3.05, 3.63) is 100 Å². The van der Waals surface area contributed by atoms with Crippen LogP contribution in [0.3, 0.4) is 0 Å². The molecule has 0 spiro atoms. The van der Waals surface area contributed by atoms with E-state index < -0.39 is 23.4 Å². The van der Waals surface area contributed by atoms with E-state index in [1.807, 2.05) is 0 Å². The summed E-state index contributed by atoms with van der Waals surface area (Å²) in [5.74, 6) is -1.94. The van der Waals surface area contributed by atoms with Crippen LogP contribution < -0.4 is 5.32 Å². The highest BCUT2D eigenvalue weighted by atomic mass is 16.5. The van der Waals surface area contributed by atoms with E-state index in [9.17, 15) is 19.2 Å². The van der Waals surface area contributed by atoms with Crippen molar-refractivity contribution in [2.45, 2.75) is 5.54 Å². The highest BCUT2D eigenvalue weighted by Gasteiger charge is 2.51. The summed E-state index contributed by atoms with van der Waals surface area (Å²) < 4.78 is 14.7. The number of methoxy groups -OCH3 is 3. The van der Waals surface area contributed by atoms with Crippen molar-refractivity contribution in [3.8, 4) is 0 Å². The Bertz CT molecular complexity index is 1790. The normalized spacial score (nSPS) is 13.6. The summed E-state index contributed by atoms with van der Waals surface area (Å²) in [6, 6.07) is 14.8. The van der Waals surface area contributed by atoms with E-state index >= 15 is 0 Å². The van der Waals surface area contributed by atoms with E-state index in [0.29, 0.717) is 55.3 Å². The summed E-state index contributed by atoms with van der Waals surface area (Å²) in [6.45, 7) is 0. The molecule has 0 saturated heterocycles. The zero-order valence-electron chi connectivity index (χ0n) is 21.7. The summed E-state index contributed by atoms with van der Waals surface area (Å²) in [4.78, 5) is 58.1. The van der Waals surface area contributed by atoms with Crippen LogP contribution in [-0.2, 0) is 19.7 Å². The third-order valence-electron chi connectivity index (χ3n) is 7.36. The molecule has 10 heteroatoms. The zero-order valence-corrected chi connectivity index (χ0v) is 21.7. The molecule has 0 bridgehead atoms. The summed E-state index contributed by atoms with van der Waals surface area (Å²) in [5, 5.41) is 4.65. The fourth-order valence-electron chi connectivity index (χ4n) is 5.42. The van der Waals surface area contributed by atoms with Gasteiger partial charge in [0.25, 0.3) is 0 Å². The summed E-state index contributed by atoms with van der Waals surface area (Å²) in [6.07, 6.45) is 3.43. The Morgan fingerprint density at radius 1 is 0.650 bits per heavy atom. The molecule has 0 aliphatic carbocycles. The summed E-state index contributed by atoms with van der Waals surface area (Å²) >= 11 is 0. The van der Waals surface area contributed by atoms with Gasteiger partial charge in [-0.25, -0.2) is 14.4 Å². The van der Waals surface area contributed by atoms with E-state index in [-0.39, 0.29) is 11.3 Å². The highest BCUT2D eigenvalue weighted by Crippen LogP contribution is 2.48. The van der Waals surface area contributed by atoms with Crippen molar-refractivity contribution in [1.29, 1.82) is 0 Å². The second kappa shape index (κ2) is 9.12. The molecule has 3 heterocycles. The van der Waals surface area contributed by atoms with Gasteiger partial charge >= 0.3 is 17.9 Å². The second-order valence-corrected chi connectivity index (χ2v) is 9.36. The van der Waals surface area contributed by atoms with E-state index in [4.69, 9.17) is 14.2 Å². The average molecular weight is 538 g/mol. The molecule has 200 valence electrons. The summed E-state index contributed by atoms with van der Waals surface area (Å²) in [5.41, 5.74) is 2.62. The first-order valence-electron chi connectivity index (χ1n) is 12.3. The van der Waals surface area contributed by atoms with Crippen LogP contribution in [0.2, 0.25) is 0 Å². The van der Waals surface area contributed by atoms with Crippen molar-refractivity contribution >= 4 is 51.2 Å². The number of carbonyl (C=O) groups excluding carboxylic acids is 4. The van der Waals surface area contributed by atoms with Crippen molar-refractivity contribution < 1.29 is 33.4 Å². The predicted octanol–water partition coefficient (Wildman–Crippen LogP) is 4.56. The Morgan fingerprint density at radius 3 is 1.57 bits per heavy atom. The number of benzene rings is 3. The van der Waals surface area contributed by atoms with Crippen LogP contribution >= 0.6 is 0 Å². The molecular formula is C30H23N3O7. The number of aromatic amines is 2. The lowest BCUT2D eigenvalue weighted by molar-refractivity contribution is 0.0592. The number of H-pyrrole nitrogens is 2. The number of fused-ring (bicyclic) bond motifs is 3. The van der Waals surface area contributed by atoms with Crippen LogP contribution in [0, 0.1) is 0 Å². The SMILES string of the molecule is COC(=O)c1ccc2c(c1)C(=O)C(c1c[nH]c3ccc(C(=O)OC)cc13)(c1c[nH]c3ccc(C(=O)OC)cc13)N2. The average Bonchev–Trinajstić information content (AvgIpc) is 3.69. The molecule has 3 N–H and O–H groups in total. The molecule has 5 aromatic rings. The minimum atomic E-state index is -1.50. The predicted molar refractivity (Wildman–Crippen MR) is 146 cm³/mol. The molecule has 0 radical (unpaired) electrons. The van der Waals surface area contributed by atoms with Crippen LogP contribution in [0.4, 0.5) is 5.69 Å². The second-order valence-electron chi connectivity index (χ2n) is 9.36. The monoisotopic (exact) mass is 537 g/mol. The van der Waals surface area contributed by atoms with Gasteiger partial charge in [-0.15, -0.1) is 0 Å². The van der Waals surface area contributed by atoms with E-state index in [1.54, 1.807) is 60.9 Å². The van der Waals surface area contributed by atoms with Crippen LogP contribution in [0.15, 0.2) is 67.0 Å². The number of aromatic nitrogens is 2. The van der Waals surface area contributed by atoms with Crippen molar-refractivity contribution in [3.63, 3.8) is 0 Å². The molecule has 2 aromatic heterocycles. The molecule has 0 fully saturated rings. The Balaban J connectivity index is 1.65. The van der Waals surface area contributed by atoms with E-state index in [0.717, 1.165) is 0 Å². The maximum Gasteiger partial charge on any atom is 0.337 e. The van der Waals surface area contributed by atoms with Crippen molar-refractivity contribution in [2.24, 2.45) is 0 Å². The first-order chi connectivity index (χ1) is 19.3. The molecule has 1 aliphatic heterocycles. The first kappa shape index (κ1) is 24.9. The number of rotatable bonds is 5. The van der Waals surface area contributed by atoms with Crippen LogP contribution in [0.25, 0.3) is 21.8 Å². The lowest BCUT2D eigenvalue weighted by atomic mass is 9.79. The van der Waals surface area contributed by atoms with Gasteiger partial charge in [0.1, 0.15) is 0 Å². The van der Waals surface area contributed by atoms with Crippen molar-refractivity contribution in [2.75, 3.05) is 26.6 Å². The fraction of sp³-hybridized carbons (Fsp3) is 0.133. The molecule has 40 heavy (non-hydrogen) atoms. The third-order valence-corrected chi connectivity index (χ3v) is 7.36. The van der Waals surface area contributed by atoms with Gasteiger partial charge in [-0.2, -0.15) is 0 Å². The van der Waals surface area contributed by atoms with Gasteiger partial charge in [-0.05, 0) is 54.6 Å². The maximum absolute atomic E-state index is 14.6. The standard InChI is InChI=1S/C30H23N3O7/c1-38-27(35)15-4-7-23-18(10-15)21(13-31-23)30(22-14-32-24-8-5-16(11-19(22)24)28(36)39-2)26(34)20-12-17(29(37)40-3)6-9-25(20)33-30/h4-14,31-33H,1-3H3. The Morgan fingerprint density at radius 2 is 1.10 bits per heavy atom. The number of carbonyl (C=O) groups is 4. The quantitative estimate of drug-likeness (QED) is 0.219. The number of anilines is 1.